The molecule has 1 aromatic carbocycles. The molecule has 0 saturated carbocycles. The van der Waals surface area contributed by atoms with Gasteiger partial charge in [-0.3, -0.25) is 0 Å². The largest absolute Gasteiger partial charge is 0.496 e. The molecule has 0 unspecified atom stereocenters. The first-order valence-corrected chi connectivity index (χ1v) is 5.57. The lowest BCUT2D eigenvalue weighted by Gasteiger charge is -2.04. The van der Waals surface area contributed by atoms with Gasteiger partial charge in [-0.2, -0.15) is 0 Å². The van der Waals surface area contributed by atoms with Crippen LogP contribution in [0.4, 0.5) is 0 Å². The Morgan fingerprint density at radius 2 is 2.29 bits per heavy atom. The summed E-state index contributed by atoms with van der Waals surface area (Å²) in [4.78, 5) is 0. The zero-order valence-corrected chi connectivity index (χ0v) is 10.5. The first-order chi connectivity index (χ1) is 6.67. The van der Waals surface area contributed by atoms with Crippen molar-refractivity contribution >= 4 is 33.6 Å². The normalized spacial score (nSPS) is 11.6. The molecular formula is C11H12BrClO. The monoisotopic (exact) mass is 274 g/mol. The van der Waals surface area contributed by atoms with E-state index in [4.69, 9.17) is 16.3 Å². The summed E-state index contributed by atoms with van der Waals surface area (Å²) >= 11 is 9.13. The number of hydrogen-bond donors (Lipinski definition) is 0. The fraction of sp³-hybridized carbons (Fsp3) is 0.273. The molecule has 0 radical (unpaired) electrons. The molecule has 76 valence electrons. The molecule has 0 spiro atoms. The lowest BCUT2D eigenvalue weighted by atomic mass is 10.1. The topological polar surface area (TPSA) is 9.23 Å². The van der Waals surface area contributed by atoms with Gasteiger partial charge in [-0.15, -0.1) is 11.6 Å². The fourth-order valence-electron chi connectivity index (χ4n) is 1.10. The van der Waals surface area contributed by atoms with E-state index in [9.17, 15) is 0 Å². The van der Waals surface area contributed by atoms with Crippen LogP contribution in [-0.2, 0) is 0 Å². The molecule has 1 aromatic rings. The average molecular weight is 276 g/mol. The van der Waals surface area contributed by atoms with Crippen LogP contribution < -0.4 is 4.74 Å². The molecule has 0 aliphatic carbocycles. The number of rotatable bonds is 3. The third-order valence-electron chi connectivity index (χ3n) is 1.80. The average Bonchev–Trinajstić information content (AvgIpc) is 2.18. The Balaban J connectivity index is 2.97. The molecule has 0 saturated heterocycles. The number of hydrogen-bond acceptors (Lipinski definition) is 1. The van der Waals surface area contributed by atoms with Gasteiger partial charge in [0.2, 0.25) is 0 Å². The smallest absolute Gasteiger partial charge is 0.133 e. The van der Waals surface area contributed by atoms with Gasteiger partial charge in [0.05, 0.1) is 11.6 Å². The Kier molecular flexibility index (Phi) is 4.49. The minimum absolute atomic E-state index is 0.559. The molecule has 0 aliphatic heterocycles. The lowest BCUT2D eigenvalue weighted by Crippen LogP contribution is -1.85. The molecule has 0 heterocycles. The maximum Gasteiger partial charge on any atom is 0.133 e. The summed E-state index contributed by atoms with van der Waals surface area (Å²) in [6.07, 6.45) is 2.05. The van der Waals surface area contributed by atoms with Crippen LogP contribution >= 0.6 is 27.5 Å². The Morgan fingerprint density at radius 3 is 2.79 bits per heavy atom. The highest BCUT2D eigenvalue weighted by Crippen LogP contribution is 2.26. The molecule has 0 aromatic heterocycles. The molecule has 0 amide bonds. The van der Waals surface area contributed by atoms with E-state index in [-0.39, 0.29) is 0 Å². The quantitative estimate of drug-likeness (QED) is 0.755. The molecule has 1 rings (SSSR count). The summed E-state index contributed by atoms with van der Waals surface area (Å²) in [5.41, 5.74) is 2.26. The summed E-state index contributed by atoms with van der Waals surface area (Å²) in [6.45, 7) is 2.01. The van der Waals surface area contributed by atoms with Crippen LogP contribution in [-0.4, -0.2) is 13.0 Å². The van der Waals surface area contributed by atoms with E-state index in [1.165, 1.54) is 0 Å². The second kappa shape index (κ2) is 5.42. The maximum atomic E-state index is 5.70. The number of benzene rings is 1. The summed E-state index contributed by atoms with van der Waals surface area (Å²) < 4.78 is 6.09. The van der Waals surface area contributed by atoms with Gasteiger partial charge in [0.25, 0.3) is 0 Å². The Bertz CT molecular complexity index is 347. The van der Waals surface area contributed by atoms with Gasteiger partial charge in [0.15, 0.2) is 0 Å². The summed E-state index contributed by atoms with van der Waals surface area (Å²) in [5.74, 6) is 1.40. The maximum absolute atomic E-state index is 5.70. The molecule has 0 N–H and O–H groups in total. The SMILES string of the molecule is COc1ccc(/C=C(/C)CCl)cc1Br. The van der Waals surface area contributed by atoms with Crippen LogP contribution in [0.1, 0.15) is 12.5 Å². The van der Waals surface area contributed by atoms with Gasteiger partial charge in [0.1, 0.15) is 5.75 Å². The minimum Gasteiger partial charge on any atom is -0.496 e. The number of alkyl halides is 1. The molecule has 14 heavy (non-hydrogen) atoms. The van der Waals surface area contributed by atoms with Crippen molar-refractivity contribution < 1.29 is 4.74 Å². The van der Waals surface area contributed by atoms with Crippen LogP contribution in [0.2, 0.25) is 0 Å². The van der Waals surface area contributed by atoms with E-state index in [2.05, 4.69) is 22.0 Å². The highest BCUT2D eigenvalue weighted by Gasteiger charge is 1.99. The predicted molar refractivity (Wildman–Crippen MR) is 65.1 cm³/mol. The van der Waals surface area contributed by atoms with E-state index >= 15 is 0 Å². The summed E-state index contributed by atoms with van der Waals surface area (Å²) in [5, 5.41) is 0. The van der Waals surface area contributed by atoms with Crippen molar-refractivity contribution in [2.45, 2.75) is 6.92 Å². The van der Waals surface area contributed by atoms with Gasteiger partial charge < -0.3 is 4.74 Å². The fourth-order valence-corrected chi connectivity index (χ4v) is 1.73. The second-order valence-corrected chi connectivity index (χ2v) is 4.14. The molecule has 3 heteroatoms. The van der Waals surface area contributed by atoms with Gasteiger partial charge in [0, 0.05) is 5.88 Å². The van der Waals surface area contributed by atoms with Crippen molar-refractivity contribution in [3.63, 3.8) is 0 Å². The zero-order valence-electron chi connectivity index (χ0n) is 8.18. The van der Waals surface area contributed by atoms with Crippen LogP contribution in [0.15, 0.2) is 28.2 Å². The van der Waals surface area contributed by atoms with Crippen molar-refractivity contribution in [2.24, 2.45) is 0 Å². The molecule has 0 fully saturated rings. The van der Waals surface area contributed by atoms with Crippen molar-refractivity contribution in [1.29, 1.82) is 0 Å². The molecule has 0 atom stereocenters. The van der Waals surface area contributed by atoms with E-state index < -0.39 is 0 Å². The van der Waals surface area contributed by atoms with Gasteiger partial charge in [-0.25, -0.2) is 0 Å². The van der Waals surface area contributed by atoms with Crippen molar-refractivity contribution in [2.75, 3.05) is 13.0 Å². The summed E-state index contributed by atoms with van der Waals surface area (Å²) in [6, 6.07) is 5.94. The van der Waals surface area contributed by atoms with Gasteiger partial charge in [-0.1, -0.05) is 17.7 Å². The van der Waals surface area contributed by atoms with Crippen molar-refractivity contribution in [3.05, 3.63) is 33.8 Å². The van der Waals surface area contributed by atoms with Crippen LogP contribution in [0.5, 0.6) is 5.75 Å². The van der Waals surface area contributed by atoms with Gasteiger partial charge >= 0.3 is 0 Å². The van der Waals surface area contributed by atoms with Gasteiger partial charge in [-0.05, 0) is 40.5 Å². The molecule has 1 nitrogen and oxygen atoms in total. The third-order valence-corrected chi connectivity index (χ3v) is 2.84. The number of allylic oxidation sites excluding steroid dienone is 1. The Hall–Kier alpha value is -0.470. The second-order valence-electron chi connectivity index (χ2n) is 3.02. The van der Waals surface area contributed by atoms with Crippen molar-refractivity contribution in [3.8, 4) is 5.75 Å². The lowest BCUT2D eigenvalue weighted by molar-refractivity contribution is 0.412. The summed E-state index contributed by atoms with van der Waals surface area (Å²) in [7, 11) is 1.65. The van der Waals surface area contributed by atoms with E-state index in [0.717, 1.165) is 21.4 Å². The van der Waals surface area contributed by atoms with E-state index in [1.807, 2.05) is 25.1 Å². The number of halogens is 2. The first kappa shape index (κ1) is 11.6. The van der Waals surface area contributed by atoms with E-state index in [0.29, 0.717) is 5.88 Å². The molecular weight excluding hydrogens is 263 g/mol. The third kappa shape index (κ3) is 3.03. The Labute approximate surface area is 97.9 Å². The highest BCUT2D eigenvalue weighted by molar-refractivity contribution is 9.10. The molecule has 0 bridgehead atoms. The van der Waals surface area contributed by atoms with Crippen LogP contribution in [0.25, 0.3) is 6.08 Å². The minimum atomic E-state index is 0.559. The molecule has 0 aliphatic rings. The van der Waals surface area contributed by atoms with Crippen LogP contribution in [0.3, 0.4) is 0 Å². The van der Waals surface area contributed by atoms with Crippen LogP contribution in [0, 0.1) is 0 Å². The predicted octanol–water partition coefficient (Wildman–Crippen LogP) is 4.10. The standard InChI is InChI=1S/C11H12BrClO/c1-8(7-13)5-9-3-4-11(14-2)10(12)6-9/h3-6H,7H2,1-2H3/b8-5-. The van der Waals surface area contributed by atoms with Crippen molar-refractivity contribution in [1.82, 2.24) is 0 Å². The number of ether oxygens (including phenoxy) is 1. The highest BCUT2D eigenvalue weighted by atomic mass is 79.9. The number of methoxy groups -OCH3 is 1. The first-order valence-electron chi connectivity index (χ1n) is 4.24. The zero-order chi connectivity index (χ0) is 10.6. The Morgan fingerprint density at radius 1 is 1.57 bits per heavy atom. The van der Waals surface area contributed by atoms with E-state index in [1.54, 1.807) is 7.11 Å².